The molecule has 2 nitrogen and oxygen atoms in total. The van der Waals surface area contributed by atoms with E-state index in [0.717, 1.165) is 12.8 Å². The molecule has 1 fully saturated rings. The lowest BCUT2D eigenvalue weighted by atomic mass is 9.83. The third-order valence-corrected chi connectivity index (χ3v) is 3.03. The number of primary amides is 1. The van der Waals surface area contributed by atoms with E-state index >= 15 is 0 Å². The van der Waals surface area contributed by atoms with Gasteiger partial charge in [0, 0.05) is 0 Å². The maximum atomic E-state index is 10.5. The maximum absolute atomic E-state index is 10.5. The fourth-order valence-corrected chi connectivity index (χ4v) is 1.49. The van der Waals surface area contributed by atoms with Gasteiger partial charge in [-0.1, -0.05) is 22.4 Å². The molecule has 0 aromatic heterocycles. The van der Waals surface area contributed by atoms with Crippen molar-refractivity contribution in [3.63, 3.8) is 0 Å². The van der Waals surface area contributed by atoms with Gasteiger partial charge in [0.15, 0.2) is 0 Å². The van der Waals surface area contributed by atoms with Gasteiger partial charge < -0.3 is 5.73 Å². The van der Waals surface area contributed by atoms with Crippen LogP contribution in [0.25, 0.3) is 0 Å². The predicted octanol–water partition coefficient (Wildman–Crippen LogP) is 1.04. The SMILES string of the molecule is NC(=O)C(Br)C1CCC1. The molecule has 0 saturated heterocycles. The minimum Gasteiger partial charge on any atom is -0.369 e. The fourth-order valence-electron chi connectivity index (χ4n) is 0.965. The summed E-state index contributed by atoms with van der Waals surface area (Å²) in [6.07, 6.45) is 3.55. The van der Waals surface area contributed by atoms with Crippen LogP contribution in [0.15, 0.2) is 0 Å². The van der Waals surface area contributed by atoms with Crippen LogP contribution in [0, 0.1) is 5.92 Å². The molecule has 1 amide bonds. The summed E-state index contributed by atoms with van der Waals surface area (Å²) >= 11 is 3.24. The van der Waals surface area contributed by atoms with Crippen LogP contribution in [-0.4, -0.2) is 10.7 Å². The molecule has 1 aliphatic rings. The number of halogens is 1. The molecule has 0 radical (unpaired) electrons. The smallest absolute Gasteiger partial charge is 0.231 e. The van der Waals surface area contributed by atoms with E-state index in [9.17, 15) is 4.79 Å². The minimum absolute atomic E-state index is 0.0775. The van der Waals surface area contributed by atoms with Gasteiger partial charge in [0.1, 0.15) is 0 Å². The molecule has 0 heterocycles. The molecule has 0 aromatic carbocycles. The normalized spacial score (nSPS) is 22.8. The number of rotatable bonds is 2. The molecule has 52 valence electrons. The van der Waals surface area contributed by atoms with Gasteiger partial charge in [-0.25, -0.2) is 0 Å². The molecule has 1 saturated carbocycles. The Morgan fingerprint density at radius 1 is 1.67 bits per heavy atom. The van der Waals surface area contributed by atoms with E-state index in [1.807, 2.05) is 0 Å². The Morgan fingerprint density at radius 3 is 2.33 bits per heavy atom. The van der Waals surface area contributed by atoms with Crippen LogP contribution in [-0.2, 0) is 4.79 Å². The van der Waals surface area contributed by atoms with Gasteiger partial charge in [-0.3, -0.25) is 4.79 Å². The van der Waals surface area contributed by atoms with Crippen LogP contribution >= 0.6 is 15.9 Å². The van der Waals surface area contributed by atoms with Gasteiger partial charge in [-0.2, -0.15) is 0 Å². The Morgan fingerprint density at radius 2 is 2.22 bits per heavy atom. The molecule has 1 aliphatic carbocycles. The van der Waals surface area contributed by atoms with E-state index in [0.29, 0.717) is 5.92 Å². The quantitative estimate of drug-likeness (QED) is 0.652. The number of alkyl halides is 1. The van der Waals surface area contributed by atoms with Gasteiger partial charge >= 0.3 is 0 Å². The second-order valence-corrected chi connectivity index (χ2v) is 3.48. The molecule has 0 spiro atoms. The van der Waals surface area contributed by atoms with Crippen LogP contribution in [0.3, 0.4) is 0 Å². The number of hydrogen-bond acceptors (Lipinski definition) is 1. The Hall–Kier alpha value is -0.0500. The van der Waals surface area contributed by atoms with Crippen molar-refractivity contribution in [2.75, 3.05) is 0 Å². The van der Waals surface area contributed by atoms with Crippen molar-refractivity contribution in [1.29, 1.82) is 0 Å². The highest BCUT2D eigenvalue weighted by atomic mass is 79.9. The molecule has 0 aliphatic heterocycles. The van der Waals surface area contributed by atoms with Crippen LogP contribution in [0.5, 0.6) is 0 Å². The van der Waals surface area contributed by atoms with Crippen molar-refractivity contribution in [2.45, 2.75) is 24.1 Å². The van der Waals surface area contributed by atoms with Crippen molar-refractivity contribution in [3.8, 4) is 0 Å². The summed E-state index contributed by atoms with van der Waals surface area (Å²) < 4.78 is 0. The summed E-state index contributed by atoms with van der Waals surface area (Å²) in [5.41, 5.74) is 5.06. The first-order valence-electron chi connectivity index (χ1n) is 3.15. The second-order valence-electron chi connectivity index (χ2n) is 2.50. The van der Waals surface area contributed by atoms with E-state index in [1.165, 1.54) is 6.42 Å². The van der Waals surface area contributed by atoms with Crippen LogP contribution < -0.4 is 5.73 Å². The third-order valence-electron chi connectivity index (χ3n) is 1.84. The number of nitrogens with two attached hydrogens (primary N) is 1. The van der Waals surface area contributed by atoms with Crippen LogP contribution in [0.2, 0.25) is 0 Å². The first-order valence-corrected chi connectivity index (χ1v) is 4.07. The van der Waals surface area contributed by atoms with Gasteiger partial charge in [-0.15, -0.1) is 0 Å². The molecular weight excluding hydrogens is 182 g/mol. The topological polar surface area (TPSA) is 43.1 Å². The van der Waals surface area contributed by atoms with Gasteiger partial charge in [0.05, 0.1) is 4.83 Å². The third kappa shape index (κ3) is 1.45. The zero-order chi connectivity index (χ0) is 6.85. The first kappa shape index (κ1) is 7.06. The van der Waals surface area contributed by atoms with E-state index in [1.54, 1.807) is 0 Å². The predicted molar refractivity (Wildman–Crippen MR) is 39.3 cm³/mol. The largest absolute Gasteiger partial charge is 0.369 e. The van der Waals surface area contributed by atoms with Crippen molar-refractivity contribution in [1.82, 2.24) is 0 Å². The Labute approximate surface area is 62.9 Å². The summed E-state index contributed by atoms with van der Waals surface area (Å²) in [7, 11) is 0. The molecule has 9 heavy (non-hydrogen) atoms. The number of hydrogen-bond donors (Lipinski definition) is 1. The molecule has 1 unspecified atom stereocenters. The Kier molecular flexibility index (Phi) is 2.11. The molecule has 1 atom stereocenters. The second kappa shape index (κ2) is 2.69. The minimum atomic E-state index is -0.222. The van der Waals surface area contributed by atoms with E-state index in [2.05, 4.69) is 15.9 Å². The molecular formula is C6H10BrNO. The number of carbonyl (C=O) groups excluding carboxylic acids is 1. The van der Waals surface area contributed by atoms with E-state index < -0.39 is 0 Å². The highest BCUT2D eigenvalue weighted by molar-refractivity contribution is 9.10. The zero-order valence-electron chi connectivity index (χ0n) is 5.14. The summed E-state index contributed by atoms with van der Waals surface area (Å²) in [6.45, 7) is 0. The lowest BCUT2D eigenvalue weighted by Gasteiger charge is -2.27. The molecule has 3 heteroatoms. The van der Waals surface area contributed by atoms with E-state index in [-0.39, 0.29) is 10.7 Å². The Bertz CT molecular complexity index is 122. The van der Waals surface area contributed by atoms with Crippen molar-refractivity contribution >= 4 is 21.8 Å². The number of carbonyl (C=O) groups is 1. The Balaban J connectivity index is 2.32. The average molecular weight is 192 g/mol. The lowest BCUT2D eigenvalue weighted by Crippen LogP contribution is -2.33. The van der Waals surface area contributed by atoms with Gasteiger partial charge in [0.2, 0.25) is 5.91 Å². The van der Waals surface area contributed by atoms with Crippen LogP contribution in [0.4, 0.5) is 0 Å². The summed E-state index contributed by atoms with van der Waals surface area (Å²) in [5, 5.41) is 0. The zero-order valence-corrected chi connectivity index (χ0v) is 6.73. The number of amides is 1. The van der Waals surface area contributed by atoms with Crippen molar-refractivity contribution in [2.24, 2.45) is 11.7 Å². The van der Waals surface area contributed by atoms with Crippen molar-refractivity contribution < 1.29 is 4.79 Å². The van der Waals surface area contributed by atoms with Gasteiger partial charge in [-0.05, 0) is 18.8 Å². The summed E-state index contributed by atoms with van der Waals surface area (Å²) in [5.74, 6) is 0.294. The molecule has 0 bridgehead atoms. The maximum Gasteiger partial charge on any atom is 0.231 e. The lowest BCUT2D eigenvalue weighted by molar-refractivity contribution is -0.118. The first-order chi connectivity index (χ1) is 4.22. The highest BCUT2D eigenvalue weighted by Crippen LogP contribution is 2.32. The average Bonchev–Trinajstić information content (AvgIpc) is 1.60. The summed E-state index contributed by atoms with van der Waals surface area (Å²) in [6, 6.07) is 0. The fraction of sp³-hybridized carbons (Fsp3) is 0.833. The molecule has 1 rings (SSSR count). The van der Waals surface area contributed by atoms with E-state index in [4.69, 9.17) is 5.73 Å². The monoisotopic (exact) mass is 191 g/mol. The molecule has 2 N–H and O–H groups in total. The standard InChI is InChI=1S/C6H10BrNO/c7-5(6(8)9)4-2-1-3-4/h4-5H,1-3H2,(H2,8,9). The van der Waals surface area contributed by atoms with Crippen molar-refractivity contribution in [3.05, 3.63) is 0 Å². The van der Waals surface area contributed by atoms with Gasteiger partial charge in [0.25, 0.3) is 0 Å². The van der Waals surface area contributed by atoms with Crippen LogP contribution in [0.1, 0.15) is 19.3 Å². The molecule has 0 aromatic rings. The summed E-state index contributed by atoms with van der Waals surface area (Å²) in [4.78, 5) is 10.4. The highest BCUT2D eigenvalue weighted by Gasteiger charge is 2.28.